The Balaban J connectivity index is 2.09. The van der Waals surface area contributed by atoms with Crippen LogP contribution in [0.25, 0.3) is 10.9 Å². The van der Waals surface area contributed by atoms with Gasteiger partial charge in [-0.15, -0.1) is 0 Å². The van der Waals surface area contributed by atoms with E-state index in [0.29, 0.717) is 10.9 Å². The molecule has 0 unspecified atom stereocenters. The minimum atomic E-state index is -0.657. The van der Waals surface area contributed by atoms with E-state index in [0.717, 1.165) is 5.56 Å². The fraction of sp³-hybridized carbons (Fsp3) is 0.0588. The summed E-state index contributed by atoms with van der Waals surface area (Å²) in [5.41, 5.74) is 1.21. The van der Waals surface area contributed by atoms with Crippen molar-refractivity contribution in [2.24, 2.45) is 0 Å². The number of benzene rings is 2. The summed E-state index contributed by atoms with van der Waals surface area (Å²) < 4.78 is 5.32. The largest absolute Gasteiger partial charge is 0.413 e. The number of ether oxygens (including phenoxy) is 1. The number of nitrogens with zero attached hydrogens (tertiary/aromatic N) is 2. The number of carbonyl (C=O) groups excluding carboxylic acids is 1. The molecule has 1 aromatic heterocycles. The average molecular weight is 308 g/mol. The molecule has 0 saturated carbocycles. The van der Waals surface area contributed by atoms with E-state index in [1.54, 1.807) is 36.4 Å². The molecule has 0 N–H and O–H groups in total. The van der Waals surface area contributed by atoms with Crippen LogP contribution in [0.5, 0.6) is 5.75 Å². The highest BCUT2D eigenvalue weighted by atomic mass is 16.6. The molecule has 0 atom stereocenters. The van der Waals surface area contributed by atoms with Gasteiger partial charge in [0.25, 0.3) is 0 Å². The lowest BCUT2D eigenvalue weighted by atomic mass is 10.1. The molecule has 2 aromatic carbocycles. The van der Waals surface area contributed by atoms with E-state index in [1.165, 1.54) is 12.3 Å². The number of aryl methyl sites for hydroxylation is 1. The first kappa shape index (κ1) is 14.6. The van der Waals surface area contributed by atoms with Crippen molar-refractivity contribution in [1.82, 2.24) is 4.98 Å². The predicted molar refractivity (Wildman–Crippen MR) is 84.5 cm³/mol. The molecular weight excluding hydrogens is 296 g/mol. The van der Waals surface area contributed by atoms with E-state index in [-0.39, 0.29) is 17.0 Å². The molecule has 0 radical (unpaired) electrons. The summed E-state index contributed by atoms with van der Waals surface area (Å²) in [6.07, 6.45) is 1.50. The van der Waals surface area contributed by atoms with Crippen LogP contribution in [-0.4, -0.2) is 15.9 Å². The van der Waals surface area contributed by atoms with Gasteiger partial charge in [-0.3, -0.25) is 15.1 Å². The van der Waals surface area contributed by atoms with Crippen LogP contribution in [-0.2, 0) is 0 Å². The van der Waals surface area contributed by atoms with Crippen LogP contribution in [0.2, 0.25) is 0 Å². The number of fused-ring (bicyclic) bond motifs is 1. The van der Waals surface area contributed by atoms with Crippen LogP contribution >= 0.6 is 0 Å². The zero-order chi connectivity index (χ0) is 16.4. The Morgan fingerprint density at radius 2 is 2.00 bits per heavy atom. The van der Waals surface area contributed by atoms with Crippen molar-refractivity contribution < 1.29 is 14.5 Å². The van der Waals surface area contributed by atoms with Crippen molar-refractivity contribution >= 4 is 22.6 Å². The van der Waals surface area contributed by atoms with Crippen LogP contribution < -0.4 is 4.74 Å². The monoisotopic (exact) mass is 308 g/mol. The van der Waals surface area contributed by atoms with Crippen LogP contribution in [0.4, 0.5) is 5.69 Å². The zero-order valence-electron chi connectivity index (χ0n) is 12.2. The highest BCUT2D eigenvalue weighted by Crippen LogP contribution is 2.34. The standard InChI is InChI=1S/C17H12N2O4/c1-11-4-2-5-13(10-11)17(20)23-16-14(19(21)22)8-7-12-6-3-9-18-15(12)16/h2-10H,1H3. The lowest BCUT2D eigenvalue weighted by Crippen LogP contribution is -2.10. The number of rotatable bonds is 3. The van der Waals surface area contributed by atoms with E-state index >= 15 is 0 Å². The maximum absolute atomic E-state index is 12.3. The van der Waals surface area contributed by atoms with Crippen molar-refractivity contribution in [3.05, 3.63) is 76.0 Å². The molecule has 0 fully saturated rings. The second-order valence-electron chi connectivity index (χ2n) is 5.01. The average Bonchev–Trinajstić information content (AvgIpc) is 2.54. The van der Waals surface area contributed by atoms with E-state index in [1.807, 2.05) is 13.0 Å². The number of hydrogen-bond donors (Lipinski definition) is 0. The molecule has 0 saturated heterocycles. The minimum absolute atomic E-state index is 0.139. The third kappa shape index (κ3) is 2.87. The molecule has 1 heterocycles. The highest BCUT2D eigenvalue weighted by Gasteiger charge is 2.22. The summed E-state index contributed by atoms with van der Waals surface area (Å²) in [5.74, 6) is -0.797. The maximum Gasteiger partial charge on any atom is 0.343 e. The molecule has 0 aliphatic heterocycles. The van der Waals surface area contributed by atoms with E-state index in [9.17, 15) is 14.9 Å². The summed E-state index contributed by atoms with van der Waals surface area (Å²) in [4.78, 5) is 27.1. The summed E-state index contributed by atoms with van der Waals surface area (Å²) in [5, 5.41) is 11.9. The molecule has 6 nitrogen and oxygen atoms in total. The molecule has 23 heavy (non-hydrogen) atoms. The van der Waals surface area contributed by atoms with Gasteiger partial charge in [-0.25, -0.2) is 4.79 Å². The Hall–Kier alpha value is -3.28. The fourth-order valence-corrected chi connectivity index (χ4v) is 2.28. The van der Waals surface area contributed by atoms with Crippen LogP contribution in [0.3, 0.4) is 0 Å². The Morgan fingerprint density at radius 3 is 2.74 bits per heavy atom. The topological polar surface area (TPSA) is 82.3 Å². The van der Waals surface area contributed by atoms with E-state index in [4.69, 9.17) is 4.74 Å². The smallest absolute Gasteiger partial charge is 0.343 e. The van der Waals surface area contributed by atoms with Gasteiger partial charge in [-0.05, 0) is 31.2 Å². The van der Waals surface area contributed by atoms with Gasteiger partial charge in [-0.2, -0.15) is 0 Å². The first-order chi connectivity index (χ1) is 11.1. The highest BCUT2D eigenvalue weighted by molar-refractivity contribution is 5.96. The summed E-state index contributed by atoms with van der Waals surface area (Å²) in [6, 6.07) is 13.2. The van der Waals surface area contributed by atoms with Crippen molar-refractivity contribution in [2.75, 3.05) is 0 Å². The third-order valence-electron chi connectivity index (χ3n) is 3.35. The third-order valence-corrected chi connectivity index (χ3v) is 3.35. The van der Waals surface area contributed by atoms with E-state index in [2.05, 4.69) is 4.98 Å². The van der Waals surface area contributed by atoms with Gasteiger partial charge in [0.2, 0.25) is 5.75 Å². The molecule has 0 spiro atoms. The molecule has 0 aliphatic rings. The second-order valence-corrected chi connectivity index (χ2v) is 5.01. The number of nitro benzene ring substituents is 1. The number of nitro groups is 1. The first-order valence-corrected chi connectivity index (χ1v) is 6.87. The van der Waals surface area contributed by atoms with Crippen molar-refractivity contribution in [1.29, 1.82) is 0 Å². The van der Waals surface area contributed by atoms with Crippen LogP contribution in [0.15, 0.2) is 54.7 Å². The lowest BCUT2D eigenvalue weighted by molar-refractivity contribution is -0.385. The van der Waals surface area contributed by atoms with Gasteiger partial charge in [0.05, 0.1) is 10.5 Å². The molecule has 0 bridgehead atoms. The second kappa shape index (κ2) is 5.84. The van der Waals surface area contributed by atoms with Crippen LogP contribution in [0, 0.1) is 17.0 Å². The normalized spacial score (nSPS) is 10.5. The molecule has 3 aromatic rings. The zero-order valence-corrected chi connectivity index (χ0v) is 12.2. The first-order valence-electron chi connectivity index (χ1n) is 6.87. The Labute approximate surface area is 131 Å². The Kier molecular flexibility index (Phi) is 3.72. The molecule has 114 valence electrons. The predicted octanol–water partition coefficient (Wildman–Crippen LogP) is 3.67. The Morgan fingerprint density at radius 1 is 1.17 bits per heavy atom. The number of hydrogen-bond acceptors (Lipinski definition) is 5. The van der Waals surface area contributed by atoms with Gasteiger partial charge in [0, 0.05) is 17.6 Å². The fourth-order valence-electron chi connectivity index (χ4n) is 2.28. The number of carbonyl (C=O) groups is 1. The minimum Gasteiger partial charge on any atom is -0.413 e. The van der Waals surface area contributed by atoms with Crippen molar-refractivity contribution in [2.45, 2.75) is 6.92 Å². The molecule has 0 amide bonds. The summed E-state index contributed by atoms with van der Waals surface area (Å²) in [6.45, 7) is 1.85. The maximum atomic E-state index is 12.3. The van der Waals surface area contributed by atoms with Gasteiger partial charge >= 0.3 is 11.7 Å². The molecule has 3 rings (SSSR count). The lowest BCUT2D eigenvalue weighted by Gasteiger charge is -2.08. The number of aromatic nitrogens is 1. The van der Waals surface area contributed by atoms with Gasteiger partial charge in [0.1, 0.15) is 5.52 Å². The van der Waals surface area contributed by atoms with Gasteiger partial charge in [-0.1, -0.05) is 23.8 Å². The molecule has 6 heteroatoms. The van der Waals surface area contributed by atoms with Crippen molar-refractivity contribution in [3.63, 3.8) is 0 Å². The van der Waals surface area contributed by atoms with Gasteiger partial charge in [0.15, 0.2) is 0 Å². The number of pyridine rings is 1. The van der Waals surface area contributed by atoms with Gasteiger partial charge < -0.3 is 4.74 Å². The Bertz CT molecular complexity index is 921. The van der Waals surface area contributed by atoms with Crippen LogP contribution in [0.1, 0.15) is 15.9 Å². The molecule has 0 aliphatic carbocycles. The molecular formula is C17H12N2O4. The summed E-state index contributed by atoms with van der Waals surface area (Å²) in [7, 11) is 0. The van der Waals surface area contributed by atoms with Crippen molar-refractivity contribution in [3.8, 4) is 5.75 Å². The SMILES string of the molecule is Cc1cccc(C(=O)Oc2c([N+](=O)[O-])ccc3cccnc23)c1. The quantitative estimate of drug-likeness (QED) is 0.319. The summed E-state index contributed by atoms with van der Waals surface area (Å²) >= 11 is 0. The van der Waals surface area contributed by atoms with E-state index < -0.39 is 10.9 Å². The number of esters is 1.